The van der Waals surface area contributed by atoms with Crippen LogP contribution in [0.3, 0.4) is 0 Å². The summed E-state index contributed by atoms with van der Waals surface area (Å²) >= 11 is 8.62. The molecule has 0 atom stereocenters. The minimum Gasteiger partial charge on any atom is -0.259 e. The molecule has 1 aromatic heterocycles. The first-order chi connectivity index (χ1) is 7.74. The van der Waals surface area contributed by atoms with Gasteiger partial charge in [0.25, 0.3) is 0 Å². The molecule has 4 heteroatoms. The van der Waals surface area contributed by atoms with Crippen molar-refractivity contribution in [3.05, 3.63) is 57.2 Å². The summed E-state index contributed by atoms with van der Waals surface area (Å²) in [5, 5.41) is 0. The van der Waals surface area contributed by atoms with Crippen molar-refractivity contribution in [2.45, 2.75) is 10.6 Å². The predicted octanol–water partition coefficient (Wildman–Crippen LogP) is 4.90. The predicted molar refractivity (Wildman–Crippen MR) is 75.6 cm³/mol. The zero-order chi connectivity index (χ0) is 11.4. The van der Waals surface area contributed by atoms with Gasteiger partial charge in [0.2, 0.25) is 0 Å². The third-order valence-corrected chi connectivity index (χ3v) is 3.96. The SMILES string of the molecule is Brc1ccc(CSc2cccc(Br)c2)nc1. The number of rotatable bonds is 3. The van der Waals surface area contributed by atoms with Gasteiger partial charge in [0.15, 0.2) is 0 Å². The van der Waals surface area contributed by atoms with E-state index < -0.39 is 0 Å². The number of nitrogens with zero attached hydrogens (tertiary/aromatic N) is 1. The van der Waals surface area contributed by atoms with Crippen molar-refractivity contribution in [2.24, 2.45) is 0 Å². The number of hydrogen-bond donors (Lipinski definition) is 0. The van der Waals surface area contributed by atoms with Crippen LogP contribution < -0.4 is 0 Å². The molecule has 0 radical (unpaired) electrons. The Morgan fingerprint density at radius 3 is 2.62 bits per heavy atom. The zero-order valence-corrected chi connectivity index (χ0v) is 12.3. The van der Waals surface area contributed by atoms with Crippen molar-refractivity contribution < 1.29 is 0 Å². The van der Waals surface area contributed by atoms with Crippen LogP contribution in [-0.2, 0) is 5.75 Å². The van der Waals surface area contributed by atoms with Crippen LogP contribution in [0.15, 0.2) is 56.4 Å². The standard InChI is InChI=1S/C12H9Br2NS/c13-9-2-1-3-12(6-9)16-8-11-5-4-10(14)7-15-11/h1-7H,8H2. The smallest absolute Gasteiger partial charge is 0.0507 e. The second kappa shape index (κ2) is 5.84. The summed E-state index contributed by atoms with van der Waals surface area (Å²) in [5.74, 6) is 0.893. The molecule has 0 aliphatic heterocycles. The summed E-state index contributed by atoms with van der Waals surface area (Å²) in [5.41, 5.74) is 1.09. The van der Waals surface area contributed by atoms with Gasteiger partial charge >= 0.3 is 0 Å². The number of pyridine rings is 1. The van der Waals surface area contributed by atoms with Gasteiger partial charge in [-0.1, -0.05) is 22.0 Å². The molecule has 1 heterocycles. The maximum Gasteiger partial charge on any atom is 0.0507 e. The van der Waals surface area contributed by atoms with Crippen LogP contribution in [0, 0.1) is 0 Å². The maximum absolute atomic E-state index is 4.34. The molecule has 2 rings (SSSR count). The Hall–Kier alpha value is -0.320. The Bertz CT molecular complexity index is 471. The molecule has 0 spiro atoms. The lowest BCUT2D eigenvalue weighted by Crippen LogP contribution is -1.85. The fourth-order valence-electron chi connectivity index (χ4n) is 1.21. The summed E-state index contributed by atoms with van der Waals surface area (Å²) in [6.07, 6.45) is 1.83. The summed E-state index contributed by atoms with van der Waals surface area (Å²) < 4.78 is 2.13. The van der Waals surface area contributed by atoms with E-state index in [-0.39, 0.29) is 0 Å². The second-order valence-corrected chi connectivity index (χ2v) is 6.09. The maximum atomic E-state index is 4.34. The van der Waals surface area contributed by atoms with Crippen LogP contribution in [0.4, 0.5) is 0 Å². The van der Waals surface area contributed by atoms with E-state index in [1.807, 2.05) is 30.5 Å². The van der Waals surface area contributed by atoms with Gasteiger partial charge in [-0.05, 0) is 46.3 Å². The second-order valence-electron chi connectivity index (χ2n) is 3.21. The average Bonchev–Trinajstić information content (AvgIpc) is 2.28. The number of thioether (sulfide) groups is 1. The fraction of sp³-hybridized carbons (Fsp3) is 0.0833. The molecule has 1 aromatic carbocycles. The van der Waals surface area contributed by atoms with Gasteiger partial charge < -0.3 is 0 Å². The molecule has 0 unspecified atom stereocenters. The topological polar surface area (TPSA) is 12.9 Å². The molecule has 2 aromatic rings. The third kappa shape index (κ3) is 3.61. The van der Waals surface area contributed by atoms with E-state index >= 15 is 0 Å². The number of benzene rings is 1. The summed E-state index contributed by atoms with van der Waals surface area (Å²) in [7, 11) is 0. The molecule has 0 amide bonds. The monoisotopic (exact) mass is 357 g/mol. The average molecular weight is 359 g/mol. The Morgan fingerprint density at radius 1 is 1.06 bits per heavy atom. The highest BCUT2D eigenvalue weighted by Crippen LogP contribution is 2.24. The van der Waals surface area contributed by atoms with E-state index in [2.05, 4.69) is 49.0 Å². The molecule has 0 saturated carbocycles. The van der Waals surface area contributed by atoms with Crippen molar-refractivity contribution in [3.8, 4) is 0 Å². The first kappa shape index (κ1) is 12.1. The molecule has 0 fully saturated rings. The van der Waals surface area contributed by atoms with E-state index in [1.54, 1.807) is 11.8 Å². The van der Waals surface area contributed by atoms with E-state index in [0.29, 0.717) is 0 Å². The minimum absolute atomic E-state index is 0.893. The van der Waals surface area contributed by atoms with Crippen LogP contribution in [0.1, 0.15) is 5.69 Å². The van der Waals surface area contributed by atoms with Gasteiger partial charge in [0, 0.05) is 25.8 Å². The van der Waals surface area contributed by atoms with Crippen molar-refractivity contribution in [1.29, 1.82) is 0 Å². The molecule has 0 aliphatic rings. The van der Waals surface area contributed by atoms with E-state index in [0.717, 1.165) is 20.4 Å². The van der Waals surface area contributed by atoms with E-state index in [1.165, 1.54) is 4.90 Å². The normalized spacial score (nSPS) is 10.4. The highest BCUT2D eigenvalue weighted by Gasteiger charge is 1.98. The first-order valence-electron chi connectivity index (χ1n) is 4.73. The minimum atomic E-state index is 0.893. The molecule has 1 nitrogen and oxygen atoms in total. The summed E-state index contributed by atoms with van der Waals surface area (Å²) in [6.45, 7) is 0. The van der Waals surface area contributed by atoms with Crippen molar-refractivity contribution in [2.75, 3.05) is 0 Å². The van der Waals surface area contributed by atoms with Gasteiger partial charge in [0.1, 0.15) is 0 Å². The van der Waals surface area contributed by atoms with Gasteiger partial charge in [-0.15, -0.1) is 11.8 Å². The first-order valence-corrected chi connectivity index (χ1v) is 7.30. The number of halogens is 2. The highest BCUT2D eigenvalue weighted by molar-refractivity contribution is 9.10. The van der Waals surface area contributed by atoms with Gasteiger partial charge in [0.05, 0.1) is 5.69 Å². The molecule has 16 heavy (non-hydrogen) atoms. The van der Waals surface area contributed by atoms with Crippen molar-refractivity contribution in [1.82, 2.24) is 4.98 Å². The van der Waals surface area contributed by atoms with E-state index in [4.69, 9.17) is 0 Å². The number of aromatic nitrogens is 1. The van der Waals surface area contributed by atoms with Crippen LogP contribution in [0.5, 0.6) is 0 Å². The van der Waals surface area contributed by atoms with E-state index in [9.17, 15) is 0 Å². The largest absolute Gasteiger partial charge is 0.259 e. The van der Waals surface area contributed by atoms with Crippen molar-refractivity contribution >= 4 is 43.6 Å². The Kier molecular flexibility index (Phi) is 4.44. The molecular formula is C12H9Br2NS. The van der Waals surface area contributed by atoms with Gasteiger partial charge in [-0.2, -0.15) is 0 Å². The van der Waals surface area contributed by atoms with Crippen molar-refractivity contribution in [3.63, 3.8) is 0 Å². The van der Waals surface area contributed by atoms with Crippen LogP contribution >= 0.6 is 43.6 Å². The molecule has 0 bridgehead atoms. The van der Waals surface area contributed by atoms with Crippen LogP contribution in [-0.4, -0.2) is 4.98 Å². The Labute approximate surface area is 116 Å². The van der Waals surface area contributed by atoms with Crippen LogP contribution in [0.2, 0.25) is 0 Å². The van der Waals surface area contributed by atoms with Gasteiger partial charge in [-0.25, -0.2) is 0 Å². The lowest BCUT2D eigenvalue weighted by molar-refractivity contribution is 1.16. The lowest BCUT2D eigenvalue weighted by atomic mass is 10.4. The van der Waals surface area contributed by atoms with Crippen LogP contribution in [0.25, 0.3) is 0 Å². The number of hydrogen-bond acceptors (Lipinski definition) is 2. The molecule has 0 saturated heterocycles. The highest BCUT2D eigenvalue weighted by atomic mass is 79.9. The lowest BCUT2D eigenvalue weighted by Gasteiger charge is -2.02. The Balaban J connectivity index is 1.99. The molecule has 0 N–H and O–H groups in total. The molecule has 82 valence electrons. The third-order valence-electron chi connectivity index (χ3n) is 1.97. The molecular weight excluding hydrogens is 350 g/mol. The summed E-state index contributed by atoms with van der Waals surface area (Å²) in [4.78, 5) is 5.59. The fourth-order valence-corrected chi connectivity index (χ4v) is 2.86. The quantitative estimate of drug-likeness (QED) is 0.724. The van der Waals surface area contributed by atoms with Gasteiger partial charge in [-0.3, -0.25) is 4.98 Å². The summed E-state index contributed by atoms with van der Waals surface area (Å²) in [6, 6.07) is 12.3. The molecule has 0 aliphatic carbocycles. The zero-order valence-electron chi connectivity index (χ0n) is 8.36. The Morgan fingerprint density at radius 2 is 1.94 bits per heavy atom.